The van der Waals surface area contributed by atoms with Crippen molar-refractivity contribution in [3.63, 3.8) is 0 Å². The summed E-state index contributed by atoms with van der Waals surface area (Å²) in [5.41, 5.74) is -1.08. The van der Waals surface area contributed by atoms with E-state index in [-0.39, 0.29) is 11.3 Å². The zero-order valence-corrected chi connectivity index (χ0v) is 9.78. The molecule has 0 radical (unpaired) electrons. The Labute approximate surface area is 106 Å². The molecule has 0 bridgehead atoms. The summed E-state index contributed by atoms with van der Waals surface area (Å²) in [4.78, 5) is 21.8. The Kier molecular flexibility index (Phi) is 4.31. The maximum absolute atomic E-state index is 12.4. The minimum absolute atomic E-state index is 0.0574. The van der Waals surface area contributed by atoms with Gasteiger partial charge in [-0.1, -0.05) is 6.07 Å². The first-order valence-corrected chi connectivity index (χ1v) is 5.10. The lowest BCUT2D eigenvalue weighted by atomic mass is 10.2. The van der Waals surface area contributed by atoms with Crippen LogP contribution in [0.2, 0.25) is 0 Å². The zero-order chi connectivity index (χ0) is 14.6. The van der Waals surface area contributed by atoms with Gasteiger partial charge in [0.1, 0.15) is 0 Å². The minimum atomic E-state index is -4.51. The molecule has 0 saturated heterocycles. The molecule has 1 aromatic rings. The predicted octanol–water partition coefficient (Wildman–Crippen LogP) is 2.67. The number of hydrogen-bond acceptors (Lipinski definition) is 2. The molecule has 4 nitrogen and oxygen atoms in total. The smallest absolute Gasteiger partial charge is 0.416 e. The van der Waals surface area contributed by atoms with Gasteiger partial charge in [0, 0.05) is 17.3 Å². The quantitative estimate of drug-likeness (QED) is 0.832. The molecule has 1 aromatic carbocycles. The number of aliphatic carboxylic acids is 1. The molecule has 7 heteroatoms. The van der Waals surface area contributed by atoms with Crippen LogP contribution in [-0.4, -0.2) is 17.0 Å². The van der Waals surface area contributed by atoms with E-state index in [1.54, 1.807) is 0 Å². The SMILES string of the molecule is CC(=CC(=O)O)C(=O)Nc1cccc(C(F)(F)F)c1. The monoisotopic (exact) mass is 273 g/mol. The summed E-state index contributed by atoms with van der Waals surface area (Å²) >= 11 is 0. The molecule has 0 spiro atoms. The lowest BCUT2D eigenvalue weighted by molar-refractivity contribution is -0.137. The van der Waals surface area contributed by atoms with Gasteiger partial charge < -0.3 is 10.4 Å². The first kappa shape index (κ1) is 14.7. The fraction of sp³-hybridized carbons (Fsp3) is 0.167. The van der Waals surface area contributed by atoms with E-state index in [4.69, 9.17) is 5.11 Å². The number of nitrogens with one attached hydrogen (secondary N) is 1. The Bertz CT molecular complexity index is 535. The molecule has 0 fully saturated rings. The van der Waals surface area contributed by atoms with Crippen LogP contribution in [0.3, 0.4) is 0 Å². The summed E-state index contributed by atoms with van der Waals surface area (Å²) in [7, 11) is 0. The standard InChI is InChI=1S/C12H10F3NO3/c1-7(5-10(17)18)11(19)16-9-4-2-3-8(6-9)12(13,14)15/h2-6H,1H3,(H,16,19)(H,17,18). The van der Waals surface area contributed by atoms with Crippen molar-refractivity contribution in [1.82, 2.24) is 0 Å². The number of carbonyl (C=O) groups excluding carboxylic acids is 1. The fourth-order valence-corrected chi connectivity index (χ4v) is 1.25. The van der Waals surface area contributed by atoms with Crippen LogP contribution in [0.25, 0.3) is 0 Å². The van der Waals surface area contributed by atoms with Crippen LogP contribution in [0.4, 0.5) is 18.9 Å². The van der Waals surface area contributed by atoms with Gasteiger partial charge in [0.25, 0.3) is 5.91 Å². The Hall–Kier alpha value is -2.31. The molecule has 2 N–H and O–H groups in total. The van der Waals surface area contributed by atoms with E-state index >= 15 is 0 Å². The molecule has 19 heavy (non-hydrogen) atoms. The van der Waals surface area contributed by atoms with E-state index in [9.17, 15) is 22.8 Å². The lowest BCUT2D eigenvalue weighted by Gasteiger charge is -2.09. The van der Waals surface area contributed by atoms with Gasteiger partial charge in [0.15, 0.2) is 0 Å². The topological polar surface area (TPSA) is 66.4 Å². The lowest BCUT2D eigenvalue weighted by Crippen LogP contribution is -2.14. The third kappa shape index (κ3) is 4.46. The second-order valence-corrected chi connectivity index (χ2v) is 3.70. The summed E-state index contributed by atoms with van der Waals surface area (Å²) in [5.74, 6) is -2.08. The van der Waals surface area contributed by atoms with Crippen molar-refractivity contribution >= 4 is 17.6 Å². The van der Waals surface area contributed by atoms with Crippen molar-refractivity contribution in [3.8, 4) is 0 Å². The molecule has 1 rings (SSSR count). The van der Waals surface area contributed by atoms with Crippen LogP contribution >= 0.6 is 0 Å². The largest absolute Gasteiger partial charge is 0.478 e. The maximum atomic E-state index is 12.4. The fourth-order valence-electron chi connectivity index (χ4n) is 1.25. The highest BCUT2D eigenvalue weighted by Crippen LogP contribution is 2.30. The molecular formula is C12H10F3NO3. The van der Waals surface area contributed by atoms with Gasteiger partial charge in [-0.2, -0.15) is 13.2 Å². The van der Waals surface area contributed by atoms with Crippen molar-refractivity contribution in [2.24, 2.45) is 0 Å². The van der Waals surface area contributed by atoms with E-state index in [0.717, 1.165) is 18.2 Å². The minimum Gasteiger partial charge on any atom is -0.478 e. The van der Waals surface area contributed by atoms with Gasteiger partial charge in [-0.15, -0.1) is 0 Å². The van der Waals surface area contributed by atoms with Crippen LogP contribution in [-0.2, 0) is 15.8 Å². The zero-order valence-electron chi connectivity index (χ0n) is 9.78. The summed E-state index contributed by atoms with van der Waals surface area (Å²) in [6, 6.07) is 4.07. The van der Waals surface area contributed by atoms with Crippen molar-refractivity contribution in [2.45, 2.75) is 13.1 Å². The molecule has 0 saturated carbocycles. The molecule has 0 aliphatic rings. The summed E-state index contributed by atoms with van der Waals surface area (Å²) in [6.07, 6.45) is -3.84. The van der Waals surface area contributed by atoms with E-state index < -0.39 is 23.6 Å². The first-order chi connectivity index (χ1) is 8.70. The van der Waals surface area contributed by atoms with Gasteiger partial charge in [0.05, 0.1) is 5.56 Å². The number of anilines is 1. The summed E-state index contributed by atoms with van der Waals surface area (Å²) in [6.45, 7) is 1.25. The van der Waals surface area contributed by atoms with Crippen LogP contribution in [0.1, 0.15) is 12.5 Å². The van der Waals surface area contributed by atoms with Crippen molar-refractivity contribution in [3.05, 3.63) is 41.5 Å². The molecule has 102 valence electrons. The summed E-state index contributed by atoms with van der Waals surface area (Å²) in [5, 5.41) is 10.6. The maximum Gasteiger partial charge on any atom is 0.416 e. The van der Waals surface area contributed by atoms with E-state index in [2.05, 4.69) is 5.32 Å². The van der Waals surface area contributed by atoms with Crippen molar-refractivity contribution < 1.29 is 27.9 Å². The number of benzene rings is 1. The van der Waals surface area contributed by atoms with E-state index in [0.29, 0.717) is 6.08 Å². The normalized spacial score (nSPS) is 12.1. The van der Waals surface area contributed by atoms with Crippen molar-refractivity contribution in [2.75, 3.05) is 5.32 Å². The number of amides is 1. The molecule has 0 heterocycles. The van der Waals surface area contributed by atoms with Gasteiger partial charge >= 0.3 is 12.1 Å². The Balaban J connectivity index is 2.89. The number of hydrogen-bond donors (Lipinski definition) is 2. The Morgan fingerprint density at radius 2 is 1.95 bits per heavy atom. The van der Waals surface area contributed by atoms with Crippen LogP contribution in [0, 0.1) is 0 Å². The Morgan fingerprint density at radius 3 is 2.47 bits per heavy atom. The second-order valence-electron chi connectivity index (χ2n) is 3.70. The molecule has 0 unspecified atom stereocenters. The highest BCUT2D eigenvalue weighted by Gasteiger charge is 2.30. The average Bonchev–Trinajstić information content (AvgIpc) is 2.27. The highest BCUT2D eigenvalue weighted by molar-refractivity contribution is 6.06. The van der Waals surface area contributed by atoms with Gasteiger partial charge in [0.2, 0.25) is 0 Å². The summed E-state index contributed by atoms with van der Waals surface area (Å²) < 4.78 is 37.3. The molecule has 1 amide bonds. The van der Waals surface area contributed by atoms with Gasteiger partial charge in [-0.25, -0.2) is 4.79 Å². The number of halogens is 3. The molecule has 0 aliphatic carbocycles. The number of carbonyl (C=O) groups is 2. The van der Waals surface area contributed by atoms with E-state index in [1.165, 1.54) is 13.0 Å². The van der Waals surface area contributed by atoms with Crippen LogP contribution in [0.15, 0.2) is 35.9 Å². The second kappa shape index (κ2) is 5.55. The molecular weight excluding hydrogens is 263 g/mol. The number of rotatable bonds is 3. The van der Waals surface area contributed by atoms with Crippen LogP contribution in [0.5, 0.6) is 0 Å². The molecule has 0 aliphatic heterocycles. The first-order valence-electron chi connectivity index (χ1n) is 5.10. The highest BCUT2D eigenvalue weighted by atomic mass is 19.4. The van der Waals surface area contributed by atoms with E-state index in [1.807, 2.05) is 0 Å². The number of carboxylic acids is 1. The average molecular weight is 273 g/mol. The predicted molar refractivity (Wildman–Crippen MR) is 61.5 cm³/mol. The third-order valence-corrected chi connectivity index (χ3v) is 2.15. The Morgan fingerprint density at radius 1 is 1.32 bits per heavy atom. The number of alkyl halides is 3. The number of carboxylic acid groups (broad SMARTS) is 1. The van der Waals surface area contributed by atoms with Gasteiger partial charge in [-0.3, -0.25) is 4.79 Å². The third-order valence-electron chi connectivity index (χ3n) is 2.15. The van der Waals surface area contributed by atoms with Crippen LogP contribution < -0.4 is 5.32 Å². The van der Waals surface area contributed by atoms with Gasteiger partial charge in [-0.05, 0) is 25.1 Å². The molecule has 0 atom stereocenters. The molecule has 0 aromatic heterocycles. The van der Waals surface area contributed by atoms with Crippen molar-refractivity contribution in [1.29, 1.82) is 0 Å².